The number of fused-ring (bicyclic) bond motifs is 1. The summed E-state index contributed by atoms with van der Waals surface area (Å²) in [5, 5.41) is 2.84. The minimum atomic E-state index is -4.92. The number of ether oxygens (including phenoxy) is 1. The Kier molecular flexibility index (Phi) is 8.73. The summed E-state index contributed by atoms with van der Waals surface area (Å²) in [6.07, 6.45) is 1.37. The summed E-state index contributed by atoms with van der Waals surface area (Å²) in [6, 6.07) is 10.5. The number of sulfonamides is 1. The summed E-state index contributed by atoms with van der Waals surface area (Å²) >= 11 is 0. The Balaban J connectivity index is 1.40. The lowest BCUT2D eigenvalue weighted by Crippen LogP contribution is -2.60. The van der Waals surface area contributed by atoms with E-state index in [4.69, 9.17) is 0 Å². The summed E-state index contributed by atoms with van der Waals surface area (Å²) in [6.45, 7) is 2.27. The van der Waals surface area contributed by atoms with E-state index in [0.29, 0.717) is 17.0 Å². The molecule has 0 saturated carbocycles. The molecular weight excluding hydrogens is 587 g/mol. The molecule has 3 heterocycles. The number of halogens is 3. The second-order valence-corrected chi connectivity index (χ2v) is 11.7. The molecule has 5 rings (SSSR count). The first kappa shape index (κ1) is 30.1. The molecule has 1 aliphatic rings. The Hall–Kier alpha value is -4.37. The van der Waals surface area contributed by atoms with Crippen LogP contribution in [0.4, 0.5) is 19.0 Å². The third-order valence-corrected chi connectivity index (χ3v) is 8.78. The zero-order chi connectivity index (χ0) is 30.6. The lowest BCUT2D eigenvalue weighted by Gasteiger charge is -2.40. The molecule has 4 aromatic rings. The molecule has 0 unspecified atom stereocenters. The second kappa shape index (κ2) is 12.5. The third-order valence-electron chi connectivity index (χ3n) is 6.86. The Morgan fingerprint density at radius 3 is 2.44 bits per heavy atom. The van der Waals surface area contributed by atoms with Gasteiger partial charge in [0.2, 0.25) is 15.9 Å². The molecule has 11 nitrogen and oxygen atoms in total. The van der Waals surface area contributed by atoms with Gasteiger partial charge in [-0.25, -0.2) is 28.4 Å². The van der Waals surface area contributed by atoms with Gasteiger partial charge in [-0.05, 0) is 41.8 Å². The van der Waals surface area contributed by atoms with E-state index in [9.17, 15) is 26.4 Å². The van der Waals surface area contributed by atoms with Gasteiger partial charge in [-0.15, -0.1) is 13.2 Å². The Morgan fingerprint density at radius 2 is 1.74 bits per heavy atom. The van der Waals surface area contributed by atoms with E-state index in [2.05, 4.69) is 36.9 Å². The molecule has 1 fully saturated rings. The number of anilines is 1. The van der Waals surface area contributed by atoms with Crippen LogP contribution in [0.3, 0.4) is 0 Å². The highest BCUT2D eigenvalue weighted by molar-refractivity contribution is 7.89. The smallest absolute Gasteiger partial charge is 0.406 e. The topological polar surface area (TPSA) is 131 Å². The summed E-state index contributed by atoms with van der Waals surface area (Å²) in [7, 11) is -4.30. The third kappa shape index (κ3) is 7.17. The average Bonchev–Trinajstić information content (AvgIpc) is 2.99. The van der Waals surface area contributed by atoms with Crippen LogP contribution in [0.15, 0.2) is 72.1 Å². The minimum Gasteiger partial charge on any atom is -0.406 e. The largest absolute Gasteiger partial charge is 0.573 e. The molecule has 0 radical (unpaired) electrons. The molecule has 0 aliphatic carbocycles. The number of nitrogens with zero attached hydrogens (tertiary/aromatic N) is 6. The van der Waals surface area contributed by atoms with Crippen molar-refractivity contribution < 1.29 is 31.1 Å². The molecule has 43 heavy (non-hydrogen) atoms. The van der Waals surface area contributed by atoms with E-state index in [1.54, 1.807) is 4.90 Å². The number of alkyl halides is 3. The molecule has 1 N–H and O–H groups in total. The van der Waals surface area contributed by atoms with E-state index in [1.807, 2.05) is 24.3 Å². The van der Waals surface area contributed by atoms with Gasteiger partial charge in [-0.1, -0.05) is 37.6 Å². The fraction of sp³-hybridized carbons (Fsp3) is 0.321. The van der Waals surface area contributed by atoms with E-state index in [1.165, 1.54) is 24.3 Å². The highest BCUT2D eigenvalue weighted by atomic mass is 32.2. The maximum atomic E-state index is 13.7. The maximum Gasteiger partial charge on any atom is 0.573 e. The van der Waals surface area contributed by atoms with Crippen molar-refractivity contribution in [3.63, 3.8) is 0 Å². The Bertz CT molecular complexity index is 1690. The van der Waals surface area contributed by atoms with Gasteiger partial charge < -0.3 is 15.0 Å². The molecular formula is C28H28F3N7O4S. The molecule has 0 spiro atoms. The highest BCUT2D eigenvalue weighted by Gasteiger charge is 2.41. The predicted molar refractivity (Wildman–Crippen MR) is 150 cm³/mol. The van der Waals surface area contributed by atoms with Crippen molar-refractivity contribution in [3.8, 4) is 5.75 Å². The lowest BCUT2D eigenvalue weighted by molar-refractivity contribution is -0.274. The van der Waals surface area contributed by atoms with Crippen LogP contribution in [-0.4, -0.2) is 70.6 Å². The maximum absolute atomic E-state index is 13.7. The van der Waals surface area contributed by atoms with Crippen LogP contribution < -0.4 is 15.0 Å². The van der Waals surface area contributed by atoms with Crippen molar-refractivity contribution in [2.24, 2.45) is 0 Å². The first-order valence-electron chi connectivity index (χ1n) is 13.4. The number of aryl methyl sites for hydroxylation is 1. The first-order chi connectivity index (χ1) is 20.5. The molecule has 0 bridgehead atoms. The number of hydrogen-bond acceptors (Lipinski definition) is 9. The SMILES string of the molecule is CCCc1ccc(CNC(=O)[C@H]2CN(c3cnc4cncnc4n3)CCN2S(=O)(=O)c2ccc(OC(F)(F)F)cc2)cc1. The molecule has 2 aromatic carbocycles. The van der Waals surface area contributed by atoms with Crippen LogP contribution in [0.5, 0.6) is 5.75 Å². The van der Waals surface area contributed by atoms with Crippen molar-refractivity contribution in [2.75, 3.05) is 24.5 Å². The van der Waals surface area contributed by atoms with Gasteiger partial charge in [0.15, 0.2) is 5.65 Å². The van der Waals surface area contributed by atoms with E-state index in [-0.39, 0.29) is 31.1 Å². The number of carbonyl (C=O) groups is 1. The monoisotopic (exact) mass is 615 g/mol. The molecule has 226 valence electrons. The molecule has 1 aliphatic heterocycles. The number of benzene rings is 2. The van der Waals surface area contributed by atoms with E-state index >= 15 is 0 Å². The normalized spacial score (nSPS) is 16.3. The molecule has 2 aromatic heterocycles. The standard InChI is InChI=1S/C28H28F3N7O4S/c1-2-3-19-4-6-20(7-5-19)14-34-27(39)24-17-37(25-16-33-23-15-32-18-35-26(23)36-25)12-13-38(24)43(40,41)22-10-8-21(9-11-22)42-28(29,30)31/h4-11,15-16,18,24H,2-3,12-14,17H2,1H3,(H,34,39)/t24-/m1/s1. The van der Waals surface area contributed by atoms with Gasteiger partial charge in [0, 0.05) is 26.2 Å². The van der Waals surface area contributed by atoms with Gasteiger partial charge >= 0.3 is 6.36 Å². The first-order valence-corrected chi connectivity index (χ1v) is 14.9. The summed E-state index contributed by atoms with van der Waals surface area (Å²) in [4.78, 5) is 31.9. The van der Waals surface area contributed by atoms with Crippen molar-refractivity contribution >= 4 is 32.9 Å². The van der Waals surface area contributed by atoms with Crippen molar-refractivity contribution in [1.82, 2.24) is 29.6 Å². The molecule has 15 heteroatoms. The van der Waals surface area contributed by atoms with Gasteiger partial charge in [-0.3, -0.25) is 4.79 Å². The second-order valence-electron chi connectivity index (χ2n) is 9.84. The van der Waals surface area contributed by atoms with Gasteiger partial charge in [0.25, 0.3) is 0 Å². The Morgan fingerprint density at radius 1 is 1.02 bits per heavy atom. The average molecular weight is 616 g/mol. The number of nitrogens with one attached hydrogen (secondary N) is 1. The van der Waals surface area contributed by atoms with Crippen molar-refractivity contribution in [3.05, 3.63) is 78.4 Å². The molecule has 1 atom stereocenters. The lowest BCUT2D eigenvalue weighted by atomic mass is 10.1. The summed E-state index contributed by atoms with van der Waals surface area (Å²) in [5.74, 6) is -0.700. The van der Waals surface area contributed by atoms with Crippen LogP contribution >= 0.6 is 0 Å². The van der Waals surface area contributed by atoms with Crippen molar-refractivity contribution in [2.45, 2.75) is 43.6 Å². The number of piperazine rings is 1. The zero-order valence-electron chi connectivity index (χ0n) is 23.0. The van der Waals surface area contributed by atoms with Crippen LogP contribution in [0, 0.1) is 0 Å². The van der Waals surface area contributed by atoms with Gasteiger partial charge in [-0.2, -0.15) is 4.31 Å². The van der Waals surface area contributed by atoms with Gasteiger partial charge in [0.05, 0.1) is 17.3 Å². The Labute approximate surface area is 245 Å². The van der Waals surface area contributed by atoms with Crippen molar-refractivity contribution in [1.29, 1.82) is 0 Å². The predicted octanol–water partition coefficient (Wildman–Crippen LogP) is 3.47. The number of carbonyl (C=O) groups excluding carboxylic acids is 1. The van der Waals surface area contributed by atoms with Crippen LogP contribution in [0.2, 0.25) is 0 Å². The summed E-state index contributed by atoms with van der Waals surface area (Å²) in [5.41, 5.74) is 2.84. The quantitative estimate of drug-likeness (QED) is 0.301. The fourth-order valence-corrected chi connectivity index (χ4v) is 6.32. The number of rotatable bonds is 9. The number of hydrogen-bond donors (Lipinski definition) is 1. The van der Waals surface area contributed by atoms with E-state index in [0.717, 1.165) is 47.0 Å². The van der Waals surface area contributed by atoms with Crippen LogP contribution in [0.25, 0.3) is 11.2 Å². The van der Waals surface area contributed by atoms with E-state index < -0.39 is 34.1 Å². The summed E-state index contributed by atoms with van der Waals surface area (Å²) < 4.78 is 70.1. The van der Waals surface area contributed by atoms with Crippen LogP contribution in [0.1, 0.15) is 24.5 Å². The number of amides is 1. The minimum absolute atomic E-state index is 0.0545. The molecule has 1 amide bonds. The highest BCUT2D eigenvalue weighted by Crippen LogP contribution is 2.28. The zero-order valence-corrected chi connectivity index (χ0v) is 23.8. The van der Waals surface area contributed by atoms with Crippen LogP contribution in [-0.2, 0) is 27.8 Å². The molecule has 1 saturated heterocycles. The van der Waals surface area contributed by atoms with Gasteiger partial charge in [0.1, 0.15) is 29.5 Å². The number of aromatic nitrogens is 4. The fourth-order valence-electron chi connectivity index (χ4n) is 4.75.